The molecule has 2 aliphatic rings. The summed E-state index contributed by atoms with van der Waals surface area (Å²) < 4.78 is 5.42. The third-order valence-corrected chi connectivity index (χ3v) is 3.61. The number of Topliss-reactive ketones (excluding diaryl/α,β-unsaturated/α-hetero) is 1. The summed E-state index contributed by atoms with van der Waals surface area (Å²) >= 11 is 0. The van der Waals surface area contributed by atoms with Gasteiger partial charge in [-0.3, -0.25) is 4.79 Å². The Bertz CT molecular complexity index is 339. The van der Waals surface area contributed by atoms with E-state index in [4.69, 9.17) is 4.74 Å². The predicted octanol–water partition coefficient (Wildman–Crippen LogP) is 2.51. The summed E-state index contributed by atoms with van der Waals surface area (Å²) in [5, 5.41) is 0. The van der Waals surface area contributed by atoms with Gasteiger partial charge in [-0.05, 0) is 40.0 Å². The number of ether oxygens (including phenoxy) is 1. The van der Waals surface area contributed by atoms with E-state index in [9.17, 15) is 9.59 Å². The van der Waals surface area contributed by atoms with Gasteiger partial charge in [-0.1, -0.05) is 0 Å². The van der Waals surface area contributed by atoms with Gasteiger partial charge in [0.15, 0.2) is 0 Å². The Labute approximate surface area is 102 Å². The molecule has 1 saturated heterocycles. The van der Waals surface area contributed by atoms with Gasteiger partial charge in [0.2, 0.25) is 0 Å². The fourth-order valence-electron chi connectivity index (χ4n) is 2.66. The van der Waals surface area contributed by atoms with E-state index in [-0.39, 0.29) is 17.4 Å². The van der Waals surface area contributed by atoms with Gasteiger partial charge in [-0.2, -0.15) is 0 Å². The molecule has 1 heterocycles. The molecule has 17 heavy (non-hydrogen) atoms. The molecular weight excluding hydrogens is 218 g/mol. The fraction of sp³-hybridized carbons (Fsp3) is 0.846. The fourth-order valence-corrected chi connectivity index (χ4v) is 2.66. The van der Waals surface area contributed by atoms with Gasteiger partial charge in [0.25, 0.3) is 0 Å². The Balaban J connectivity index is 2.08. The van der Waals surface area contributed by atoms with E-state index < -0.39 is 5.60 Å². The van der Waals surface area contributed by atoms with Crippen LogP contribution in [0.15, 0.2) is 0 Å². The highest BCUT2D eigenvalue weighted by molar-refractivity contribution is 5.83. The van der Waals surface area contributed by atoms with Crippen molar-refractivity contribution in [2.24, 2.45) is 0 Å². The van der Waals surface area contributed by atoms with Crippen LogP contribution < -0.4 is 0 Å². The molecule has 4 heteroatoms. The summed E-state index contributed by atoms with van der Waals surface area (Å²) in [6.07, 6.45) is 3.72. The molecule has 1 saturated carbocycles. The van der Waals surface area contributed by atoms with Crippen molar-refractivity contribution in [1.82, 2.24) is 4.90 Å². The van der Waals surface area contributed by atoms with Crippen molar-refractivity contribution in [1.29, 1.82) is 0 Å². The summed E-state index contributed by atoms with van der Waals surface area (Å²) in [7, 11) is 0. The second-order valence-corrected chi connectivity index (χ2v) is 6.18. The van der Waals surface area contributed by atoms with Crippen LogP contribution in [0, 0.1) is 0 Å². The number of hydrogen-bond donors (Lipinski definition) is 0. The van der Waals surface area contributed by atoms with E-state index in [0.717, 1.165) is 19.3 Å². The van der Waals surface area contributed by atoms with Gasteiger partial charge >= 0.3 is 6.09 Å². The largest absolute Gasteiger partial charge is 0.444 e. The number of ketones is 1. The van der Waals surface area contributed by atoms with Crippen LogP contribution in [-0.4, -0.2) is 34.5 Å². The van der Waals surface area contributed by atoms with Crippen LogP contribution >= 0.6 is 0 Å². The molecule has 1 aliphatic carbocycles. The van der Waals surface area contributed by atoms with E-state index >= 15 is 0 Å². The van der Waals surface area contributed by atoms with E-state index in [1.165, 1.54) is 0 Å². The zero-order chi connectivity index (χ0) is 12.7. The van der Waals surface area contributed by atoms with Crippen LogP contribution in [0.2, 0.25) is 0 Å². The quantitative estimate of drug-likeness (QED) is 0.652. The highest BCUT2D eigenvalue weighted by atomic mass is 16.6. The van der Waals surface area contributed by atoms with Crippen molar-refractivity contribution in [2.45, 2.75) is 64.0 Å². The van der Waals surface area contributed by atoms with Gasteiger partial charge in [0.1, 0.15) is 11.4 Å². The first kappa shape index (κ1) is 12.4. The van der Waals surface area contributed by atoms with Gasteiger partial charge in [0, 0.05) is 19.4 Å². The summed E-state index contributed by atoms with van der Waals surface area (Å²) in [6.45, 7) is 6.13. The first-order valence-electron chi connectivity index (χ1n) is 6.35. The molecule has 2 rings (SSSR count). The maximum Gasteiger partial charge on any atom is 0.410 e. The lowest BCUT2D eigenvalue weighted by atomic mass is 9.70. The third kappa shape index (κ3) is 2.45. The molecule has 0 unspecified atom stereocenters. The Hall–Kier alpha value is -1.06. The average Bonchev–Trinajstić information content (AvgIpc) is 2.12. The number of piperidine rings is 1. The summed E-state index contributed by atoms with van der Waals surface area (Å²) in [5.74, 6) is 0.282. The Morgan fingerprint density at radius 2 is 2.00 bits per heavy atom. The Morgan fingerprint density at radius 3 is 2.47 bits per heavy atom. The molecule has 0 aromatic rings. The molecule has 0 aromatic carbocycles. The molecule has 0 atom stereocenters. The lowest BCUT2D eigenvalue weighted by Gasteiger charge is -2.52. The summed E-state index contributed by atoms with van der Waals surface area (Å²) in [5.41, 5.74) is -0.679. The molecule has 2 fully saturated rings. The third-order valence-electron chi connectivity index (χ3n) is 3.61. The Kier molecular flexibility index (Phi) is 2.92. The SMILES string of the molecule is CC(C)(C)OC(=O)N1CCC(=O)CC12CCC2. The van der Waals surface area contributed by atoms with E-state index in [1.54, 1.807) is 4.90 Å². The minimum Gasteiger partial charge on any atom is -0.444 e. The number of hydrogen-bond acceptors (Lipinski definition) is 3. The van der Waals surface area contributed by atoms with Crippen LogP contribution in [0.3, 0.4) is 0 Å². The van der Waals surface area contributed by atoms with E-state index in [0.29, 0.717) is 19.4 Å². The highest BCUT2D eigenvalue weighted by Gasteiger charge is 2.49. The van der Waals surface area contributed by atoms with E-state index in [2.05, 4.69) is 0 Å². The lowest BCUT2D eigenvalue weighted by Crippen LogP contribution is -2.61. The minimum atomic E-state index is -0.469. The van der Waals surface area contributed by atoms with Gasteiger partial charge in [0.05, 0.1) is 5.54 Å². The van der Waals surface area contributed by atoms with Crippen molar-refractivity contribution in [3.8, 4) is 0 Å². The molecule has 0 bridgehead atoms. The van der Waals surface area contributed by atoms with Crippen LogP contribution in [0.1, 0.15) is 52.9 Å². The van der Waals surface area contributed by atoms with Crippen LogP contribution in [0.4, 0.5) is 4.79 Å². The first-order valence-corrected chi connectivity index (χ1v) is 6.35. The van der Waals surface area contributed by atoms with Crippen molar-refractivity contribution < 1.29 is 14.3 Å². The second-order valence-electron chi connectivity index (χ2n) is 6.18. The molecule has 4 nitrogen and oxygen atoms in total. The van der Waals surface area contributed by atoms with Crippen molar-refractivity contribution >= 4 is 11.9 Å². The molecule has 1 spiro atoms. The molecular formula is C13H21NO3. The lowest BCUT2D eigenvalue weighted by molar-refractivity contribution is -0.129. The molecule has 0 aromatic heterocycles. The zero-order valence-electron chi connectivity index (χ0n) is 10.9. The summed E-state index contributed by atoms with van der Waals surface area (Å²) in [4.78, 5) is 25.5. The van der Waals surface area contributed by atoms with Gasteiger partial charge in [-0.15, -0.1) is 0 Å². The Morgan fingerprint density at radius 1 is 1.35 bits per heavy atom. The number of carbonyl (C=O) groups is 2. The normalized spacial score (nSPS) is 23.5. The standard InChI is InChI=1S/C13H21NO3/c1-12(2,3)17-11(16)14-8-5-10(15)9-13(14)6-4-7-13/h4-9H2,1-3H3. The van der Waals surface area contributed by atoms with Crippen LogP contribution in [0.25, 0.3) is 0 Å². The number of rotatable bonds is 0. The topological polar surface area (TPSA) is 46.6 Å². The average molecular weight is 239 g/mol. The first-order chi connectivity index (χ1) is 7.82. The van der Waals surface area contributed by atoms with E-state index in [1.807, 2.05) is 20.8 Å². The molecule has 0 radical (unpaired) electrons. The number of nitrogens with zero attached hydrogens (tertiary/aromatic N) is 1. The maximum atomic E-state index is 12.1. The van der Waals surface area contributed by atoms with Crippen molar-refractivity contribution in [3.63, 3.8) is 0 Å². The summed E-state index contributed by atoms with van der Waals surface area (Å²) in [6, 6.07) is 0. The molecule has 0 N–H and O–H groups in total. The minimum absolute atomic E-state index is 0.211. The molecule has 1 aliphatic heterocycles. The zero-order valence-corrected chi connectivity index (χ0v) is 10.9. The van der Waals surface area contributed by atoms with Crippen molar-refractivity contribution in [2.75, 3.05) is 6.54 Å². The number of carbonyl (C=O) groups excluding carboxylic acids is 2. The predicted molar refractivity (Wildman–Crippen MR) is 63.8 cm³/mol. The van der Waals surface area contributed by atoms with Crippen LogP contribution in [0.5, 0.6) is 0 Å². The van der Waals surface area contributed by atoms with Crippen molar-refractivity contribution in [3.05, 3.63) is 0 Å². The maximum absolute atomic E-state index is 12.1. The monoisotopic (exact) mass is 239 g/mol. The second kappa shape index (κ2) is 4.00. The number of amides is 1. The number of likely N-dealkylation sites (tertiary alicyclic amines) is 1. The molecule has 96 valence electrons. The highest BCUT2D eigenvalue weighted by Crippen LogP contribution is 2.43. The van der Waals surface area contributed by atoms with Gasteiger partial charge < -0.3 is 9.64 Å². The smallest absolute Gasteiger partial charge is 0.410 e. The van der Waals surface area contributed by atoms with Crippen LogP contribution in [-0.2, 0) is 9.53 Å². The van der Waals surface area contributed by atoms with Gasteiger partial charge in [-0.25, -0.2) is 4.79 Å². The molecule has 1 amide bonds.